The average molecular weight is 239 g/mol. The number of hydrogen-bond acceptors (Lipinski definition) is 2. The molecule has 0 aromatic rings. The molecule has 0 rings (SSSR count). The van der Waals surface area contributed by atoms with Gasteiger partial charge in [0.2, 0.25) is 0 Å². The molecule has 0 fully saturated rings. The van der Waals surface area contributed by atoms with E-state index in [9.17, 15) is 4.79 Å². The third-order valence-corrected chi connectivity index (χ3v) is 2.99. The van der Waals surface area contributed by atoms with E-state index in [2.05, 4.69) is 0 Å². The molecule has 0 unspecified atom stereocenters. The number of carbonyl (C=O) groups excluding carboxylic acids is 1. The summed E-state index contributed by atoms with van der Waals surface area (Å²) in [5, 5.41) is 1.43. The van der Waals surface area contributed by atoms with E-state index in [1.165, 1.54) is 12.2 Å². The van der Waals surface area contributed by atoms with E-state index >= 15 is 0 Å². The number of allylic oxidation sites excluding steroid dienone is 2. The van der Waals surface area contributed by atoms with Gasteiger partial charge in [0.15, 0.2) is 0 Å². The van der Waals surface area contributed by atoms with Crippen molar-refractivity contribution < 1.29 is 9.63 Å². The molecule has 0 bridgehead atoms. The van der Waals surface area contributed by atoms with Crippen molar-refractivity contribution in [2.24, 2.45) is 5.41 Å². The molecule has 0 saturated heterocycles. The molecule has 0 spiro atoms. The Balaban J connectivity index is 4.81. The van der Waals surface area contributed by atoms with Gasteiger partial charge in [-0.2, -0.15) is 0 Å². The SMILES string of the molecule is C/C=C\C(=C/C)CN(OC)C(=O)C(C)(C)CC. The molecule has 3 heteroatoms. The molecular weight excluding hydrogens is 214 g/mol. The predicted octanol–water partition coefficient (Wildman–Crippen LogP) is 3.34. The molecule has 0 heterocycles. The van der Waals surface area contributed by atoms with Crippen molar-refractivity contribution in [3.8, 4) is 0 Å². The zero-order chi connectivity index (χ0) is 13.5. The monoisotopic (exact) mass is 239 g/mol. The number of amides is 1. The second-order valence-corrected chi connectivity index (χ2v) is 4.63. The first-order valence-corrected chi connectivity index (χ1v) is 6.06. The van der Waals surface area contributed by atoms with E-state index in [1.54, 1.807) is 0 Å². The van der Waals surface area contributed by atoms with Crippen molar-refractivity contribution in [2.45, 2.75) is 41.0 Å². The fourth-order valence-electron chi connectivity index (χ4n) is 1.33. The van der Waals surface area contributed by atoms with Crippen LogP contribution in [0.25, 0.3) is 0 Å². The van der Waals surface area contributed by atoms with Gasteiger partial charge in [0, 0.05) is 5.41 Å². The molecule has 0 saturated carbocycles. The molecule has 0 aromatic heterocycles. The van der Waals surface area contributed by atoms with Crippen LogP contribution in [0, 0.1) is 5.41 Å². The van der Waals surface area contributed by atoms with Gasteiger partial charge in [-0.1, -0.05) is 39.0 Å². The summed E-state index contributed by atoms with van der Waals surface area (Å²) in [5.74, 6) is 0.0198. The predicted molar refractivity (Wildman–Crippen MR) is 71.4 cm³/mol. The minimum Gasteiger partial charge on any atom is -0.274 e. The summed E-state index contributed by atoms with van der Waals surface area (Å²) in [6.45, 7) is 10.3. The first kappa shape index (κ1) is 15.9. The lowest BCUT2D eigenvalue weighted by atomic mass is 9.89. The number of hydrogen-bond donors (Lipinski definition) is 0. The van der Waals surface area contributed by atoms with Crippen LogP contribution in [0.3, 0.4) is 0 Å². The fourth-order valence-corrected chi connectivity index (χ4v) is 1.33. The van der Waals surface area contributed by atoms with Gasteiger partial charge in [0.25, 0.3) is 5.91 Å². The third-order valence-electron chi connectivity index (χ3n) is 2.99. The molecule has 0 radical (unpaired) electrons. The Bertz CT molecular complexity index is 303. The second-order valence-electron chi connectivity index (χ2n) is 4.63. The Hall–Kier alpha value is -1.09. The van der Waals surface area contributed by atoms with Crippen molar-refractivity contribution >= 4 is 5.91 Å². The Morgan fingerprint density at radius 2 is 1.94 bits per heavy atom. The molecule has 17 heavy (non-hydrogen) atoms. The standard InChI is InChI=1S/C14H25NO2/c1-7-10-12(8-2)11-15(17-6)13(16)14(4,5)9-3/h7-8,10H,9,11H2,1-6H3/b10-7-,12-8+. The van der Waals surface area contributed by atoms with E-state index in [1.807, 2.05) is 52.8 Å². The van der Waals surface area contributed by atoms with Crippen molar-refractivity contribution in [1.29, 1.82) is 0 Å². The highest BCUT2D eigenvalue weighted by atomic mass is 16.7. The minimum atomic E-state index is -0.384. The van der Waals surface area contributed by atoms with Crippen molar-refractivity contribution in [3.05, 3.63) is 23.8 Å². The van der Waals surface area contributed by atoms with Gasteiger partial charge in [-0.15, -0.1) is 0 Å². The summed E-state index contributed by atoms with van der Waals surface area (Å²) in [4.78, 5) is 17.4. The molecule has 0 aliphatic carbocycles. The maximum Gasteiger partial charge on any atom is 0.252 e. The van der Waals surface area contributed by atoms with E-state index in [-0.39, 0.29) is 11.3 Å². The maximum atomic E-state index is 12.2. The van der Waals surface area contributed by atoms with E-state index in [0.29, 0.717) is 6.54 Å². The minimum absolute atomic E-state index is 0.0198. The highest BCUT2D eigenvalue weighted by molar-refractivity contribution is 5.81. The quantitative estimate of drug-likeness (QED) is 0.525. The number of hydroxylamine groups is 2. The molecule has 0 N–H and O–H groups in total. The van der Waals surface area contributed by atoms with Crippen LogP contribution in [0.4, 0.5) is 0 Å². The van der Waals surface area contributed by atoms with Crippen LogP contribution in [0.15, 0.2) is 23.8 Å². The fraction of sp³-hybridized carbons (Fsp3) is 0.643. The topological polar surface area (TPSA) is 29.5 Å². The average Bonchev–Trinajstić information content (AvgIpc) is 2.33. The second kappa shape index (κ2) is 7.28. The van der Waals surface area contributed by atoms with Gasteiger partial charge in [0.1, 0.15) is 0 Å². The van der Waals surface area contributed by atoms with Crippen LogP contribution in [-0.4, -0.2) is 24.6 Å². The third kappa shape index (κ3) is 4.73. The summed E-state index contributed by atoms with van der Waals surface area (Å²) in [7, 11) is 1.53. The van der Waals surface area contributed by atoms with Crippen molar-refractivity contribution in [1.82, 2.24) is 5.06 Å². The highest BCUT2D eigenvalue weighted by Gasteiger charge is 2.30. The molecular formula is C14H25NO2. The summed E-state index contributed by atoms with van der Waals surface area (Å²) < 4.78 is 0. The van der Waals surface area contributed by atoms with Gasteiger partial charge >= 0.3 is 0 Å². The van der Waals surface area contributed by atoms with Crippen LogP contribution in [0.2, 0.25) is 0 Å². The number of rotatable bonds is 6. The van der Waals surface area contributed by atoms with Gasteiger partial charge in [-0.25, -0.2) is 5.06 Å². The van der Waals surface area contributed by atoms with Crippen LogP contribution in [-0.2, 0) is 9.63 Å². The maximum absolute atomic E-state index is 12.2. The molecule has 3 nitrogen and oxygen atoms in total. The summed E-state index contributed by atoms with van der Waals surface area (Å²) in [6.07, 6.45) is 6.72. The van der Waals surface area contributed by atoms with Gasteiger partial charge in [0.05, 0.1) is 13.7 Å². The molecule has 98 valence electrons. The number of nitrogens with zero attached hydrogens (tertiary/aromatic N) is 1. The smallest absolute Gasteiger partial charge is 0.252 e. The van der Waals surface area contributed by atoms with Crippen molar-refractivity contribution in [2.75, 3.05) is 13.7 Å². The molecule has 0 aromatic carbocycles. The Kier molecular flexibility index (Phi) is 6.81. The van der Waals surface area contributed by atoms with Crippen LogP contribution >= 0.6 is 0 Å². The normalized spacial score (nSPS) is 13.2. The molecule has 1 amide bonds. The lowest BCUT2D eigenvalue weighted by molar-refractivity contribution is -0.183. The first-order chi connectivity index (χ1) is 7.92. The molecule has 0 aliphatic heterocycles. The summed E-state index contributed by atoms with van der Waals surface area (Å²) in [5.41, 5.74) is 0.680. The largest absolute Gasteiger partial charge is 0.274 e. The highest BCUT2D eigenvalue weighted by Crippen LogP contribution is 2.23. The van der Waals surface area contributed by atoms with Crippen LogP contribution in [0.1, 0.15) is 41.0 Å². The lowest BCUT2D eigenvalue weighted by Crippen LogP contribution is -2.40. The van der Waals surface area contributed by atoms with Gasteiger partial charge in [-0.3, -0.25) is 9.63 Å². The Morgan fingerprint density at radius 1 is 1.35 bits per heavy atom. The first-order valence-electron chi connectivity index (χ1n) is 6.06. The molecule has 0 aliphatic rings. The van der Waals surface area contributed by atoms with Crippen LogP contribution < -0.4 is 0 Å². The lowest BCUT2D eigenvalue weighted by Gasteiger charge is -2.29. The zero-order valence-corrected chi connectivity index (χ0v) is 11.9. The zero-order valence-electron chi connectivity index (χ0n) is 11.9. The summed E-state index contributed by atoms with van der Waals surface area (Å²) >= 11 is 0. The Labute approximate surface area is 105 Å². The number of carbonyl (C=O) groups is 1. The van der Waals surface area contributed by atoms with E-state index in [0.717, 1.165) is 12.0 Å². The summed E-state index contributed by atoms with van der Waals surface area (Å²) in [6, 6.07) is 0. The van der Waals surface area contributed by atoms with E-state index in [4.69, 9.17) is 4.84 Å². The Morgan fingerprint density at radius 3 is 2.29 bits per heavy atom. The van der Waals surface area contributed by atoms with Gasteiger partial charge < -0.3 is 0 Å². The molecule has 0 atom stereocenters. The van der Waals surface area contributed by atoms with E-state index < -0.39 is 0 Å². The van der Waals surface area contributed by atoms with Crippen molar-refractivity contribution in [3.63, 3.8) is 0 Å². The van der Waals surface area contributed by atoms with Crippen LogP contribution in [0.5, 0.6) is 0 Å². The van der Waals surface area contributed by atoms with Gasteiger partial charge in [-0.05, 0) is 25.8 Å².